The van der Waals surface area contributed by atoms with Crippen LogP contribution in [0.5, 0.6) is 5.75 Å². The van der Waals surface area contributed by atoms with Crippen LogP contribution >= 0.6 is 0 Å². The highest BCUT2D eigenvalue weighted by atomic mass is 16.5. The minimum Gasteiger partial charge on any atom is -0.497 e. The van der Waals surface area contributed by atoms with Crippen LogP contribution in [0.25, 0.3) is 0 Å². The van der Waals surface area contributed by atoms with Crippen molar-refractivity contribution in [2.24, 2.45) is 5.73 Å². The number of ether oxygens (including phenoxy) is 2. The van der Waals surface area contributed by atoms with Gasteiger partial charge in [0.1, 0.15) is 5.75 Å². The van der Waals surface area contributed by atoms with Gasteiger partial charge in [-0.1, -0.05) is 12.1 Å². The van der Waals surface area contributed by atoms with Crippen molar-refractivity contribution in [3.8, 4) is 5.75 Å². The van der Waals surface area contributed by atoms with Gasteiger partial charge in [0.15, 0.2) is 0 Å². The maximum absolute atomic E-state index is 5.58. The van der Waals surface area contributed by atoms with Gasteiger partial charge in [0.2, 0.25) is 0 Å². The molecular weight excluding hydrogens is 190 g/mol. The lowest BCUT2D eigenvalue weighted by atomic mass is 9.96. The quantitative estimate of drug-likeness (QED) is 0.817. The van der Waals surface area contributed by atoms with Gasteiger partial charge in [-0.25, -0.2) is 0 Å². The Bertz CT molecular complexity index is 327. The third kappa shape index (κ3) is 2.30. The molecule has 82 valence electrons. The van der Waals surface area contributed by atoms with Crippen molar-refractivity contribution in [3.63, 3.8) is 0 Å². The summed E-state index contributed by atoms with van der Waals surface area (Å²) in [5.74, 6) is 1.37. The van der Waals surface area contributed by atoms with E-state index in [2.05, 4.69) is 12.1 Å². The molecule has 1 fully saturated rings. The summed E-state index contributed by atoms with van der Waals surface area (Å²) in [6.45, 7) is 1.38. The minimum absolute atomic E-state index is 0.223. The maximum Gasteiger partial charge on any atom is 0.119 e. The summed E-state index contributed by atoms with van der Waals surface area (Å²) in [5.41, 5.74) is 6.86. The molecule has 1 heterocycles. The van der Waals surface area contributed by atoms with Gasteiger partial charge in [-0.15, -0.1) is 0 Å². The van der Waals surface area contributed by atoms with Crippen molar-refractivity contribution in [2.45, 2.75) is 18.4 Å². The van der Waals surface area contributed by atoms with Gasteiger partial charge >= 0.3 is 0 Å². The van der Waals surface area contributed by atoms with Crippen LogP contribution in [0.2, 0.25) is 0 Å². The van der Waals surface area contributed by atoms with E-state index in [1.54, 1.807) is 7.11 Å². The van der Waals surface area contributed by atoms with E-state index in [0.717, 1.165) is 18.8 Å². The largest absolute Gasteiger partial charge is 0.497 e. The molecule has 2 rings (SSSR count). The van der Waals surface area contributed by atoms with Crippen molar-refractivity contribution in [3.05, 3.63) is 29.8 Å². The zero-order chi connectivity index (χ0) is 10.7. The molecule has 1 aromatic carbocycles. The molecule has 1 aromatic rings. The second-order valence-corrected chi connectivity index (χ2v) is 3.90. The van der Waals surface area contributed by atoms with E-state index >= 15 is 0 Å². The molecule has 1 saturated heterocycles. The molecule has 15 heavy (non-hydrogen) atoms. The van der Waals surface area contributed by atoms with E-state index in [1.165, 1.54) is 5.56 Å². The SMILES string of the molecule is COc1cccc([C@@H]2CO[C@H](CN)C2)c1. The number of methoxy groups -OCH3 is 1. The summed E-state index contributed by atoms with van der Waals surface area (Å²) in [4.78, 5) is 0. The van der Waals surface area contributed by atoms with E-state index in [9.17, 15) is 0 Å². The average molecular weight is 207 g/mol. The number of benzene rings is 1. The molecule has 1 aliphatic rings. The molecule has 3 nitrogen and oxygen atoms in total. The second kappa shape index (κ2) is 4.64. The zero-order valence-electron chi connectivity index (χ0n) is 8.98. The van der Waals surface area contributed by atoms with Gasteiger partial charge in [-0.2, -0.15) is 0 Å². The normalized spacial score (nSPS) is 25.5. The summed E-state index contributed by atoms with van der Waals surface area (Å²) in [6, 6.07) is 8.17. The maximum atomic E-state index is 5.58. The molecule has 2 N–H and O–H groups in total. The molecule has 0 saturated carbocycles. The molecule has 0 amide bonds. The number of nitrogens with two attached hydrogens (primary N) is 1. The van der Waals surface area contributed by atoms with Crippen LogP contribution in [0, 0.1) is 0 Å². The smallest absolute Gasteiger partial charge is 0.119 e. The molecule has 3 heteroatoms. The van der Waals surface area contributed by atoms with E-state index in [4.69, 9.17) is 15.2 Å². The molecule has 2 atom stereocenters. The lowest BCUT2D eigenvalue weighted by molar-refractivity contribution is 0.116. The Labute approximate surface area is 90.2 Å². The molecule has 0 bridgehead atoms. The summed E-state index contributed by atoms with van der Waals surface area (Å²) in [6.07, 6.45) is 1.24. The van der Waals surface area contributed by atoms with Gasteiger partial charge in [0.05, 0.1) is 19.8 Å². The topological polar surface area (TPSA) is 44.5 Å². The van der Waals surface area contributed by atoms with Crippen LogP contribution in [0.15, 0.2) is 24.3 Å². The second-order valence-electron chi connectivity index (χ2n) is 3.90. The van der Waals surface area contributed by atoms with Gasteiger partial charge in [-0.3, -0.25) is 0 Å². The first kappa shape index (κ1) is 10.5. The van der Waals surface area contributed by atoms with Gasteiger partial charge in [0.25, 0.3) is 0 Å². The summed E-state index contributed by atoms with van der Waals surface area (Å²) in [7, 11) is 1.69. The Kier molecular flexibility index (Phi) is 3.23. The molecular formula is C12H17NO2. The van der Waals surface area contributed by atoms with Crippen molar-refractivity contribution in [1.82, 2.24) is 0 Å². The third-order valence-electron chi connectivity index (χ3n) is 2.91. The predicted octanol–water partition coefficient (Wildman–Crippen LogP) is 1.53. The predicted molar refractivity (Wildman–Crippen MR) is 59.1 cm³/mol. The third-order valence-corrected chi connectivity index (χ3v) is 2.91. The van der Waals surface area contributed by atoms with E-state index in [-0.39, 0.29) is 6.10 Å². The highest BCUT2D eigenvalue weighted by molar-refractivity contribution is 5.31. The summed E-state index contributed by atoms with van der Waals surface area (Å²) in [5, 5.41) is 0. The van der Waals surface area contributed by atoms with Crippen LogP contribution in [0.1, 0.15) is 17.9 Å². The Hall–Kier alpha value is -1.06. The summed E-state index contributed by atoms with van der Waals surface area (Å²) < 4.78 is 10.8. The standard InChI is InChI=1S/C12H17NO2/c1-14-11-4-2-3-9(5-11)10-6-12(7-13)15-8-10/h2-5,10,12H,6-8,13H2,1H3/t10-,12-/m0/s1. The number of hydrogen-bond acceptors (Lipinski definition) is 3. The van der Waals surface area contributed by atoms with E-state index in [0.29, 0.717) is 12.5 Å². The fourth-order valence-electron chi connectivity index (χ4n) is 2.00. The highest BCUT2D eigenvalue weighted by Gasteiger charge is 2.25. The molecule has 0 spiro atoms. The molecule has 0 aliphatic carbocycles. The fraction of sp³-hybridized carbons (Fsp3) is 0.500. The number of rotatable bonds is 3. The molecule has 1 aliphatic heterocycles. The van der Waals surface area contributed by atoms with Crippen molar-refractivity contribution in [1.29, 1.82) is 0 Å². The average Bonchev–Trinajstić information content (AvgIpc) is 2.78. The van der Waals surface area contributed by atoms with E-state index in [1.807, 2.05) is 12.1 Å². The minimum atomic E-state index is 0.223. The monoisotopic (exact) mass is 207 g/mol. The van der Waals surface area contributed by atoms with E-state index < -0.39 is 0 Å². The van der Waals surface area contributed by atoms with Gasteiger partial charge in [-0.05, 0) is 24.1 Å². The van der Waals surface area contributed by atoms with Crippen LogP contribution in [0.4, 0.5) is 0 Å². The van der Waals surface area contributed by atoms with Crippen molar-refractivity contribution in [2.75, 3.05) is 20.3 Å². The Morgan fingerprint density at radius 3 is 3.07 bits per heavy atom. The van der Waals surface area contributed by atoms with Crippen molar-refractivity contribution >= 4 is 0 Å². The zero-order valence-corrected chi connectivity index (χ0v) is 8.98. The molecule has 0 unspecified atom stereocenters. The first-order chi connectivity index (χ1) is 7.33. The Morgan fingerprint density at radius 2 is 2.40 bits per heavy atom. The van der Waals surface area contributed by atoms with Crippen LogP contribution in [0.3, 0.4) is 0 Å². The molecule has 0 radical (unpaired) electrons. The Morgan fingerprint density at radius 1 is 1.53 bits per heavy atom. The Balaban J connectivity index is 2.09. The first-order valence-corrected chi connectivity index (χ1v) is 5.29. The van der Waals surface area contributed by atoms with Crippen LogP contribution in [-0.4, -0.2) is 26.4 Å². The number of hydrogen-bond donors (Lipinski definition) is 1. The highest BCUT2D eigenvalue weighted by Crippen LogP contribution is 2.30. The lowest BCUT2D eigenvalue weighted by Crippen LogP contribution is -2.18. The first-order valence-electron chi connectivity index (χ1n) is 5.29. The molecule has 0 aromatic heterocycles. The van der Waals surface area contributed by atoms with Crippen LogP contribution in [-0.2, 0) is 4.74 Å². The van der Waals surface area contributed by atoms with Gasteiger partial charge < -0.3 is 15.2 Å². The summed E-state index contributed by atoms with van der Waals surface area (Å²) >= 11 is 0. The van der Waals surface area contributed by atoms with Crippen LogP contribution < -0.4 is 10.5 Å². The lowest BCUT2D eigenvalue weighted by Gasteiger charge is -2.09. The fourth-order valence-corrected chi connectivity index (χ4v) is 2.00. The van der Waals surface area contributed by atoms with Gasteiger partial charge in [0, 0.05) is 12.5 Å². The van der Waals surface area contributed by atoms with Crippen molar-refractivity contribution < 1.29 is 9.47 Å².